The third kappa shape index (κ3) is 3.08. The van der Waals surface area contributed by atoms with Gasteiger partial charge in [0.2, 0.25) is 0 Å². The lowest BCUT2D eigenvalue weighted by Gasteiger charge is -2.25. The number of hydrogen-bond acceptors (Lipinski definition) is 3. The molecule has 0 saturated carbocycles. The van der Waals surface area contributed by atoms with Gasteiger partial charge in [-0.25, -0.2) is 0 Å². The molecule has 0 radical (unpaired) electrons. The summed E-state index contributed by atoms with van der Waals surface area (Å²) in [5.41, 5.74) is 8.05. The van der Waals surface area contributed by atoms with Crippen LogP contribution in [0.1, 0.15) is 18.2 Å². The topological polar surface area (TPSA) is 66.0 Å². The highest BCUT2D eigenvalue weighted by Crippen LogP contribution is 2.28. The molecule has 1 aromatic carbocycles. The van der Waals surface area contributed by atoms with E-state index in [2.05, 4.69) is 9.88 Å². The van der Waals surface area contributed by atoms with Gasteiger partial charge in [0.05, 0.1) is 22.8 Å². The number of hydrogen-bond donors (Lipinski definition) is 2. The van der Waals surface area contributed by atoms with E-state index < -0.39 is 0 Å². The van der Waals surface area contributed by atoms with Crippen molar-refractivity contribution in [3.05, 3.63) is 58.9 Å². The largest absolute Gasteiger partial charge is 0.384 e. The Bertz CT molecular complexity index is 598. The van der Waals surface area contributed by atoms with Crippen LogP contribution in [0, 0.1) is 5.41 Å². The van der Waals surface area contributed by atoms with Gasteiger partial charge in [-0.1, -0.05) is 23.7 Å². The molecule has 0 unspecified atom stereocenters. The summed E-state index contributed by atoms with van der Waals surface area (Å²) in [6, 6.07) is 11.4. The number of nitrogens with zero attached hydrogens (tertiary/aromatic N) is 2. The van der Waals surface area contributed by atoms with Crippen LogP contribution in [0.2, 0.25) is 5.02 Å². The number of amidine groups is 1. The SMILES string of the molecule is CCN(Cc1ccccn1)c1cccc(Cl)c1C(=N)N. The molecule has 0 bridgehead atoms. The Morgan fingerprint density at radius 2 is 2.10 bits per heavy atom. The number of pyridine rings is 1. The molecule has 0 atom stereocenters. The molecule has 0 amide bonds. The summed E-state index contributed by atoms with van der Waals surface area (Å²) in [5.74, 6) is -0.0231. The molecular formula is C15H17ClN4. The molecule has 1 heterocycles. The quantitative estimate of drug-likeness (QED) is 0.656. The standard InChI is InChI=1S/C15H17ClN4/c1-2-20(10-11-6-3-4-9-19-11)13-8-5-7-12(16)14(13)15(17)18/h3-9H,2,10H2,1H3,(H3,17,18). The van der Waals surface area contributed by atoms with Crippen LogP contribution in [0.3, 0.4) is 0 Å². The molecule has 20 heavy (non-hydrogen) atoms. The van der Waals surface area contributed by atoms with Gasteiger partial charge >= 0.3 is 0 Å². The van der Waals surface area contributed by atoms with E-state index in [1.54, 1.807) is 12.3 Å². The molecule has 5 heteroatoms. The molecule has 0 aliphatic heterocycles. The molecule has 0 fully saturated rings. The number of benzene rings is 1. The summed E-state index contributed by atoms with van der Waals surface area (Å²) in [5, 5.41) is 8.21. The fraction of sp³-hybridized carbons (Fsp3) is 0.200. The smallest absolute Gasteiger partial charge is 0.126 e. The molecule has 1 aromatic heterocycles. The van der Waals surface area contributed by atoms with Gasteiger partial charge in [-0.05, 0) is 31.2 Å². The van der Waals surface area contributed by atoms with Gasteiger partial charge in [-0.15, -0.1) is 0 Å². The fourth-order valence-corrected chi connectivity index (χ4v) is 2.37. The zero-order valence-corrected chi connectivity index (χ0v) is 12.1. The first-order valence-corrected chi connectivity index (χ1v) is 6.79. The number of rotatable bonds is 5. The van der Waals surface area contributed by atoms with Crippen molar-refractivity contribution in [1.82, 2.24) is 4.98 Å². The maximum absolute atomic E-state index is 7.72. The van der Waals surface area contributed by atoms with E-state index in [-0.39, 0.29) is 5.84 Å². The van der Waals surface area contributed by atoms with Crippen LogP contribution in [0.4, 0.5) is 5.69 Å². The van der Waals surface area contributed by atoms with Crippen molar-refractivity contribution in [2.45, 2.75) is 13.5 Å². The summed E-state index contributed by atoms with van der Waals surface area (Å²) in [7, 11) is 0. The van der Waals surface area contributed by atoms with Gasteiger partial charge in [-0.2, -0.15) is 0 Å². The second-order valence-electron chi connectivity index (χ2n) is 4.38. The summed E-state index contributed by atoms with van der Waals surface area (Å²) in [6.45, 7) is 3.48. The van der Waals surface area contributed by atoms with E-state index in [9.17, 15) is 0 Å². The van der Waals surface area contributed by atoms with Crippen LogP contribution in [0.15, 0.2) is 42.6 Å². The Hall–Kier alpha value is -2.07. The maximum atomic E-state index is 7.72. The van der Waals surface area contributed by atoms with Crippen LogP contribution in [-0.4, -0.2) is 17.4 Å². The molecular weight excluding hydrogens is 272 g/mol. The molecule has 0 spiro atoms. The highest BCUT2D eigenvalue weighted by Gasteiger charge is 2.15. The zero-order chi connectivity index (χ0) is 14.5. The lowest BCUT2D eigenvalue weighted by atomic mass is 10.1. The van der Waals surface area contributed by atoms with E-state index >= 15 is 0 Å². The first kappa shape index (κ1) is 14.3. The Labute approximate surface area is 123 Å². The predicted molar refractivity (Wildman–Crippen MR) is 83.4 cm³/mol. The van der Waals surface area contributed by atoms with E-state index in [4.69, 9.17) is 22.7 Å². The second kappa shape index (κ2) is 6.39. The van der Waals surface area contributed by atoms with Crippen LogP contribution < -0.4 is 10.6 Å². The minimum atomic E-state index is -0.0231. The van der Waals surface area contributed by atoms with Crippen molar-refractivity contribution in [2.75, 3.05) is 11.4 Å². The summed E-state index contributed by atoms with van der Waals surface area (Å²) in [6.07, 6.45) is 1.77. The van der Waals surface area contributed by atoms with Crippen LogP contribution in [0.25, 0.3) is 0 Å². The van der Waals surface area contributed by atoms with Gasteiger partial charge in [0.1, 0.15) is 5.84 Å². The van der Waals surface area contributed by atoms with Crippen molar-refractivity contribution < 1.29 is 0 Å². The number of nitrogen functional groups attached to an aromatic ring is 1. The lowest BCUT2D eigenvalue weighted by Crippen LogP contribution is -2.26. The first-order chi connectivity index (χ1) is 9.63. The van der Waals surface area contributed by atoms with E-state index in [1.807, 2.05) is 37.3 Å². The van der Waals surface area contributed by atoms with Gasteiger partial charge < -0.3 is 10.6 Å². The van der Waals surface area contributed by atoms with Crippen molar-refractivity contribution in [1.29, 1.82) is 5.41 Å². The van der Waals surface area contributed by atoms with Crippen LogP contribution in [-0.2, 0) is 6.54 Å². The van der Waals surface area contributed by atoms with Gasteiger partial charge in [-0.3, -0.25) is 10.4 Å². The van der Waals surface area contributed by atoms with Crippen molar-refractivity contribution >= 4 is 23.1 Å². The third-order valence-electron chi connectivity index (χ3n) is 3.06. The van der Waals surface area contributed by atoms with Crippen molar-refractivity contribution in [3.63, 3.8) is 0 Å². The number of aromatic nitrogens is 1. The van der Waals surface area contributed by atoms with Crippen LogP contribution >= 0.6 is 11.6 Å². The maximum Gasteiger partial charge on any atom is 0.126 e. The monoisotopic (exact) mass is 288 g/mol. The first-order valence-electron chi connectivity index (χ1n) is 6.41. The normalized spacial score (nSPS) is 10.3. The molecule has 3 N–H and O–H groups in total. The zero-order valence-electron chi connectivity index (χ0n) is 11.3. The molecule has 0 aliphatic rings. The van der Waals surface area contributed by atoms with Crippen molar-refractivity contribution in [3.8, 4) is 0 Å². The molecule has 4 nitrogen and oxygen atoms in total. The average molecular weight is 289 g/mol. The fourth-order valence-electron chi connectivity index (χ4n) is 2.10. The highest BCUT2D eigenvalue weighted by molar-refractivity contribution is 6.34. The molecule has 2 rings (SSSR count). The number of nitrogens with one attached hydrogen (secondary N) is 1. The Kier molecular flexibility index (Phi) is 4.58. The van der Waals surface area contributed by atoms with E-state index in [0.717, 1.165) is 17.9 Å². The average Bonchev–Trinajstić information content (AvgIpc) is 2.45. The Balaban J connectivity index is 2.37. The summed E-state index contributed by atoms with van der Waals surface area (Å²) >= 11 is 6.17. The third-order valence-corrected chi connectivity index (χ3v) is 3.38. The highest BCUT2D eigenvalue weighted by atomic mass is 35.5. The van der Waals surface area contributed by atoms with Gasteiger partial charge in [0, 0.05) is 18.4 Å². The Morgan fingerprint density at radius 3 is 2.70 bits per heavy atom. The summed E-state index contributed by atoms with van der Waals surface area (Å²) in [4.78, 5) is 6.43. The van der Waals surface area contributed by atoms with Gasteiger partial charge in [0.25, 0.3) is 0 Å². The molecule has 104 valence electrons. The molecule has 0 aliphatic carbocycles. The minimum Gasteiger partial charge on any atom is -0.384 e. The van der Waals surface area contributed by atoms with Crippen molar-refractivity contribution in [2.24, 2.45) is 5.73 Å². The second-order valence-corrected chi connectivity index (χ2v) is 4.79. The van der Waals surface area contributed by atoms with E-state index in [0.29, 0.717) is 17.1 Å². The molecule has 0 saturated heterocycles. The number of nitrogens with two attached hydrogens (primary N) is 1. The van der Waals surface area contributed by atoms with E-state index in [1.165, 1.54) is 0 Å². The van der Waals surface area contributed by atoms with Crippen LogP contribution in [0.5, 0.6) is 0 Å². The molecule has 2 aromatic rings. The lowest BCUT2D eigenvalue weighted by molar-refractivity contribution is 0.808. The predicted octanol–water partition coefficient (Wildman–Crippen LogP) is 3.05. The number of halogens is 1. The van der Waals surface area contributed by atoms with Gasteiger partial charge in [0.15, 0.2) is 0 Å². The Morgan fingerprint density at radius 1 is 1.30 bits per heavy atom. The number of anilines is 1. The minimum absolute atomic E-state index is 0.0231. The summed E-state index contributed by atoms with van der Waals surface area (Å²) < 4.78 is 0.